The number of aliphatic hydroxyl groups excluding tert-OH is 1. The average Bonchev–Trinajstić information content (AvgIpc) is 2.17. The van der Waals surface area contributed by atoms with Gasteiger partial charge in [-0.15, -0.1) is 0 Å². The Kier molecular flexibility index (Phi) is 4.85. The Bertz CT molecular complexity index is 464. The highest BCUT2D eigenvalue weighted by Gasteiger charge is 2.18. The van der Waals surface area contributed by atoms with E-state index in [-0.39, 0.29) is 19.6 Å². The van der Waals surface area contributed by atoms with Crippen molar-refractivity contribution in [2.75, 3.05) is 13.2 Å². The third kappa shape index (κ3) is 3.51. The Morgan fingerprint density at radius 1 is 1.44 bits per heavy atom. The molecule has 0 bridgehead atoms. The summed E-state index contributed by atoms with van der Waals surface area (Å²) in [6, 6.07) is 3.71. The van der Waals surface area contributed by atoms with Gasteiger partial charge in [0.1, 0.15) is 10.7 Å². The van der Waals surface area contributed by atoms with Gasteiger partial charge in [0.25, 0.3) is 0 Å². The fraction of sp³-hybridized carbons (Fsp3) is 0.333. The highest BCUT2D eigenvalue weighted by Crippen LogP contribution is 2.19. The first kappa shape index (κ1) is 13.6. The van der Waals surface area contributed by atoms with Crippen molar-refractivity contribution in [3.05, 3.63) is 28.5 Å². The van der Waals surface area contributed by atoms with Crippen molar-refractivity contribution >= 4 is 26.0 Å². The van der Waals surface area contributed by atoms with Gasteiger partial charge in [-0.1, -0.05) is 15.9 Å². The first-order valence-electron chi connectivity index (χ1n) is 4.53. The summed E-state index contributed by atoms with van der Waals surface area (Å²) in [6.07, 6.45) is 0.289. The van der Waals surface area contributed by atoms with E-state index >= 15 is 0 Å². The van der Waals surface area contributed by atoms with Crippen molar-refractivity contribution in [1.29, 1.82) is 0 Å². The minimum atomic E-state index is -3.84. The first-order valence-corrected chi connectivity index (χ1v) is 6.80. The normalized spacial score (nSPS) is 11.7. The van der Waals surface area contributed by atoms with E-state index in [2.05, 4.69) is 20.7 Å². The molecular weight excluding hydrogens is 301 g/mol. The molecule has 4 nitrogen and oxygen atoms in total. The number of nitrogens with one attached hydrogen (secondary N) is 1. The molecule has 0 atom stereocenters. The lowest BCUT2D eigenvalue weighted by atomic mass is 10.3. The molecule has 0 heterocycles. The Labute approximate surface area is 102 Å². The van der Waals surface area contributed by atoms with Gasteiger partial charge in [0.15, 0.2) is 0 Å². The second-order valence-electron chi connectivity index (χ2n) is 3.05. The van der Waals surface area contributed by atoms with Crippen molar-refractivity contribution < 1.29 is 17.9 Å². The van der Waals surface area contributed by atoms with Crippen LogP contribution in [0, 0.1) is 5.82 Å². The lowest BCUT2D eigenvalue weighted by molar-refractivity contribution is 0.289. The minimum Gasteiger partial charge on any atom is -0.396 e. The number of sulfonamides is 1. The van der Waals surface area contributed by atoms with E-state index in [4.69, 9.17) is 5.11 Å². The predicted molar refractivity (Wildman–Crippen MR) is 61.0 cm³/mol. The largest absolute Gasteiger partial charge is 0.396 e. The van der Waals surface area contributed by atoms with E-state index in [1.807, 2.05) is 0 Å². The number of halogens is 2. The van der Waals surface area contributed by atoms with Crippen molar-refractivity contribution in [2.45, 2.75) is 11.3 Å². The summed E-state index contributed by atoms with van der Waals surface area (Å²) in [4.78, 5) is -0.395. The zero-order chi connectivity index (χ0) is 12.2. The van der Waals surface area contributed by atoms with Crippen LogP contribution in [-0.2, 0) is 10.0 Å². The van der Waals surface area contributed by atoms with E-state index in [0.29, 0.717) is 4.47 Å². The van der Waals surface area contributed by atoms with Gasteiger partial charge in [-0.25, -0.2) is 17.5 Å². The maximum Gasteiger partial charge on any atom is 0.243 e. The summed E-state index contributed by atoms with van der Waals surface area (Å²) in [7, 11) is -3.84. The third-order valence-electron chi connectivity index (χ3n) is 1.81. The molecule has 0 aromatic heterocycles. The predicted octanol–water partition coefficient (Wildman–Crippen LogP) is 1.25. The van der Waals surface area contributed by atoms with Crippen molar-refractivity contribution in [1.82, 2.24) is 4.72 Å². The van der Waals surface area contributed by atoms with E-state index in [9.17, 15) is 12.8 Å². The van der Waals surface area contributed by atoms with Crippen molar-refractivity contribution in [3.63, 3.8) is 0 Å². The molecule has 1 aromatic rings. The van der Waals surface area contributed by atoms with E-state index < -0.39 is 20.7 Å². The topological polar surface area (TPSA) is 66.4 Å². The van der Waals surface area contributed by atoms with E-state index in [1.165, 1.54) is 12.1 Å². The summed E-state index contributed by atoms with van der Waals surface area (Å²) >= 11 is 3.04. The fourth-order valence-corrected chi connectivity index (χ4v) is 2.52. The van der Waals surface area contributed by atoms with Gasteiger partial charge in [0.05, 0.1) is 0 Å². The smallest absolute Gasteiger partial charge is 0.243 e. The lowest BCUT2D eigenvalue weighted by Gasteiger charge is -2.06. The van der Waals surface area contributed by atoms with Crippen LogP contribution in [0.4, 0.5) is 4.39 Å². The number of hydrogen-bond acceptors (Lipinski definition) is 3. The highest BCUT2D eigenvalue weighted by atomic mass is 79.9. The lowest BCUT2D eigenvalue weighted by Crippen LogP contribution is -2.26. The van der Waals surface area contributed by atoms with Crippen LogP contribution in [0.3, 0.4) is 0 Å². The van der Waals surface area contributed by atoms with Gasteiger partial charge in [-0.05, 0) is 24.6 Å². The molecule has 0 unspecified atom stereocenters. The van der Waals surface area contributed by atoms with E-state index in [1.54, 1.807) is 0 Å². The molecule has 0 aliphatic rings. The van der Waals surface area contributed by atoms with Gasteiger partial charge < -0.3 is 5.11 Å². The minimum absolute atomic E-state index is 0.0777. The van der Waals surface area contributed by atoms with Gasteiger partial charge >= 0.3 is 0 Å². The van der Waals surface area contributed by atoms with Crippen LogP contribution in [0.15, 0.2) is 27.6 Å². The number of benzene rings is 1. The molecule has 0 aliphatic heterocycles. The van der Waals surface area contributed by atoms with Crippen LogP contribution < -0.4 is 4.72 Å². The second kappa shape index (κ2) is 5.72. The molecule has 90 valence electrons. The molecule has 0 spiro atoms. The van der Waals surface area contributed by atoms with Crippen molar-refractivity contribution in [2.24, 2.45) is 0 Å². The summed E-state index contributed by atoms with van der Waals surface area (Å²) in [5.74, 6) is -0.814. The summed E-state index contributed by atoms with van der Waals surface area (Å²) in [5.41, 5.74) is 0. The SMILES string of the molecule is O=S(=O)(NCCCO)c1ccc(Br)cc1F. The molecule has 0 saturated carbocycles. The number of hydrogen-bond donors (Lipinski definition) is 2. The average molecular weight is 312 g/mol. The summed E-state index contributed by atoms with van der Waals surface area (Å²) in [5, 5.41) is 8.51. The molecule has 0 saturated heterocycles. The summed E-state index contributed by atoms with van der Waals surface area (Å²) in [6.45, 7) is -0.0420. The molecule has 0 aliphatic carbocycles. The second-order valence-corrected chi connectivity index (χ2v) is 5.70. The standard InChI is InChI=1S/C9H11BrFNO3S/c10-7-2-3-9(8(11)6-7)16(14,15)12-4-1-5-13/h2-3,6,12-13H,1,4-5H2. The van der Waals surface area contributed by atoms with Crippen LogP contribution in [-0.4, -0.2) is 26.7 Å². The fourth-order valence-electron chi connectivity index (χ4n) is 1.06. The molecule has 1 rings (SSSR count). The molecule has 7 heteroatoms. The Morgan fingerprint density at radius 3 is 2.69 bits per heavy atom. The first-order chi connectivity index (χ1) is 7.47. The van der Waals surface area contributed by atoms with Gasteiger partial charge in [-0.2, -0.15) is 0 Å². The monoisotopic (exact) mass is 311 g/mol. The molecule has 16 heavy (non-hydrogen) atoms. The van der Waals surface area contributed by atoms with Crippen LogP contribution in [0.25, 0.3) is 0 Å². The molecule has 0 fully saturated rings. The van der Waals surface area contributed by atoms with Crippen molar-refractivity contribution in [3.8, 4) is 0 Å². The van der Waals surface area contributed by atoms with E-state index in [0.717, 1.165) is 6.07 Å². The third-order valence-corrected chi connectivity index (χ3v) is 3.80. The summed E-state index contributed by atoms with van der Waals surface area (Å²) < 4.78 is 39.2. The van der Waals surface area contributed by atoms with Gasteiger partial charge in [0.2, 0.25) is 10.0 Å². The van der Waals surface area contributed by atoms with Gasteiger partial charge in [-0.3, -0.25) is 0 Å². The molecule has 0 amide bonds. The van der Waals surface area contributed by atoms with Crippen LogP contribution in [0.1, 0.15) is 6.42 Å². The molecular formula is C9H11BrFNO3S. The maximum atomic E-state index is 13.4. The van der Waals surface area contributed by atoms with Crippen LogP contribution in [0.5, 0.6) is 0 Å². The highest BCUT2D eigenvalue weighted by molar-refractivity contribution is 9.10. The molecule has 1 aromatic carbocycles. The molecule has 0 radical (unpaired) electrons. The van der Waals surface area contributed by atoms with Crippen LogP contribution in [0.2, 0.25) is 0 Å². The number of aliphatic hydroxyl groups is 1. The van der Waals surface area contributed by atoms with Gasteiger partial charge in [0, 0.05) is 17.6 Å². The Morgan fingerprint density at radius 2 is 2.12 bits per heavy atom. The Balaban J connectivity index is 2.90. The maximum absolute atomic E-state index is 13.4. The van der Waals surface area contributed by atoms with Crippen LogP contribution >= 0.6 is 15.9 Å². The Hall–Kier alpha value is -0.500. The number of rotatable bonds is 5. The zero-order valence-electron chi connectivity index (χ0n) is 8.28. The molecule has 2 N–H and O–H groups in total. The zero-order valence-corrected chi connectivity index (χ0v) is 10.7. The quantitative estimate of drug-likeness (QED) is 0.804.